The van der Waals surface area contributed by atoms with Crippen molar-refractivity contribution in [2.45, 2.75) is 19.4 Å². The fourth-order valence-electron chi connectivity index (χ4n) is 2.16. The van der Waals surface area contributed by atoms with E-state index in [1.54, 1.807) is 24.3 Å². The lowest BCUT2D eigenvalue weighted by Gasteiger charge is -2.21. The van der Waals surface area contributed by atoms with Gasteiger partial charge in [-0.2, -0.15) is 0 Å². The lowest BCUT2D eigenvalue weighted by atomic mass is 9.97. The molecule has 0 bridgehead atoms. The largest absolute Gasteiger partial charge is 0.306 e. The Balaban J connectivity index is 2.47. The lowest BCUT2D eigenvalue weighted by Crippen LogP contribution is -2.25. The van der Waals surface area contributed by atoms with Crippen molar-refractivity contribution < 1.29 is 8.78 Å². The van der Waals surface area contributed by atoms with Crippen LogP contribution >= 0.6 is 27.5 Å². The summed E-state index contributed by atoms with van der Waals surface area (Å²) in [6, 6.07) is 8.98. The molecule has 2 rings (SSSR count). The summed E-state index contributed by atoms with van der Waals surface area (Å²) in [6.07, 6.45) is 0.865. The van der Waals surface area contributed by atoms with Crippen LogP contribution in [0.5, 0.6) is 0 Å². The van der Waals surface area contributed by atoms with Gasteiger partial charge in [-0.1, -0.05) is 46.6 Å². The van der Waals surface area contributed by atoms with Gasteiger partial charge in [-0.3, -0.25) is 0 Å². The summed E-state index contributed by atoms with van der Waals surface area (Å²) in [6.45, 7) is 2.66. The van der Waals surface area contributed by atoms with Crippen molar-refractivity contribution >= 4 is 27.5 Å². The molecule has 0 radical (unpaired) electrons. The molecule has 21 heavy (non-hydrogen) atoms. The van der Waals surface area contributed by atoms with Crippen molar-refractivity contribution in [2.24, 2.45) is 0 Å². The summed E-state index contributed by atoms with van der Waals surface area (Å²) < 4.78 is 28.8. The highest BCUT2D eigenvalue weighted by atomic mass is 79.9. The molecule has 0 fully saturated rings. The van der Waals surface area contributed by atoms with Crippen molar-refractivity contribution in [2.75, 3.05) is 6.54 Å². The van der Waals surface area contributed by atoms with Crippen LogP contribution in [0.15, 0.2) is 40.9 Å². The highest BCUT2D eigenvalue weighted by Crippen LogP contribution is 2.30. The maximum Gasteiger partial charge on any atom is 0.132 e. The number of halogens is 4. The second-order valence-electron chi connectivity index (χ2n) is 4.72. The van der Waals surface area contributed by atoms with Gasteiger partial charge in [0.05, 0.1) is 6.04 Å². The third kappa shape index (κ3) is 4.02. The quantitative estimate of drug-likeness (QED) is 0.732. The Kier molecular flexibility index (Phi) is 5.73. The Labute approximate surface area is 136 Å². The van der Waals surface area contributed by atoms with Crippen LogP contribution in [0, 0.1) is 11.6 Å². The number of rotatable bonds is 5. The van der Waals surface area contributed by atoms with Crippen LogP contribution in [-0.2, 0) is 0 Å². The Bertz CT molecular complexity index is 593. The van der Waals surface area contributed by atoms with Crippen molar-refractivity contribution in [3.8, 4) is 0 Å². The van der Waals surface area contributed by atoms with Crippen LogP contribution in [-0.4, -0.2) is 6.54 Å². The molecular weight excluding hydrogens is 360 g/mol. The van der Waals surface area contributed by atoms with E-state index in [0.717, 1.165) is 12.0 Å². The zero-order valence-corrected chi connectivity index (χ0v) is 13.8. The van der Waals surface area contributed by atoms with E-state index in [1.165, 1.54) is 12.1 Å². The average molecular weight is 375 g/mol. The molecule has 0 aromatic heterocycles. The Morgan fingerprint density at radius 3 is 2.24 bits per heavy atom. The van der Waals surface area contributed by atoms with E-state index in [4.69, 9.17) is 11.6 Å². The highest BCUT2D eigenvalue weighted by molar-refractivity contribution is 9.10. The van der Waals surface area contributed by atoms with Gasteiger partial charge in [0.1, 0.15) is 11.6 Å². The average Bonchev–Trinajstić information content (AvgIpc) is 2.42. The number of hydrogen-bond acceptors (Lipinski definition) is 1. The summed E-state index contributed by atoms with van der Waals surface area (Å²) in [5.41, 5.74) is 0.793. The maximum atomic E-state index is 14.2. The summed E-state index contributed by atoms with van der Waals surface area (Å²) >= 11 is 8.97. The van der Waals surface area contributed by atoms with Gasteiger partial charge in [0.25, 0.3) is 0 Å². The molecule has 112 valence electrons. The van der Waals surface area contributed by atoms with E-state index in [2.05, 4.69) is 21.2 Å². The molecule has 1 nitrogen and oxygen atoms in total. The first-order valence-corrected chi connectivity index (χ1v) is 7.83. The summed E-state index contributed by atoms with van der Waals surface area (Å²) in [5.74, 6) is -1.16. The zero-order chi connectivity index (χ0) is 15.4. The Hall–Kier alpha value is -0.970. The monoisotopic (exact) mass is 373 g/mol. The molecule has 0 saturated carbocycles. The minimum atomic E-state index is -0.578. The number of benzene rings is 2. The second-order valence-corrected chi connectivity index (χ2v) is 6.07. The molecule has 0 amide bonds. The van der Waals surface area contributed by atoms with Gasteiger partial charge in [-0.25, -0.2) is 8.78 Å². The molecule has 2 aromatic carbocycles. The smallest absolute Gasteiger partial charge is 0.132 e. The predicted octanol–water partition coefficient (Wildman–Crippen LogP) is 5.47. The van der Waals surface area contributed by atoms with Crippen LogP contribution < -0.4 is 5.32 Å². The predicted molar refractivity (Wildman–Crippen MR) is 85.6 cm³/mol. The van der Waals surface area contributed by atoms with Gasteiger partial charge in [-0.05, 0) is 42.8 Å². The van der Waals surface area contributed by atoms with E-state index in [1.807, 2.05) is 6.92 Å². The molecule has 0 aliphatic carbocycles. The maximum absolute atomic E-state index is 14.2. The first-order valence-electron chi connectivity index (χ1n) is 6.66. The number of hydrogen-bond donors (Lipinski definition) is 1. The van der Waals surface area contributed by atoms with Gasteiger partial charge in [0.15, 0.2) is 0 Å². The molecule has 0 aliphatic heterocycles. The van der Waals surface area contributed by atoms with Crippen LogP contribution in [0.2, 0.25) is 5.02 Å². The second kappa shape index (κ2) is 7.34. The molecule has 0 saturated heterocycles. The molecule has 0 heterocycles. The van der Waals surface area contributed by atoms with E-state index in [-0.39, 0.29) is 5.56 Å². The van der Waals surface area contributed by atoms with Gasteiger partial charge >= 0.3 is 0 Å². The van der Waals surface area contributed by atoms with E-state index in [0.29, 0.717) is 16.0 Å². The van der Waals surface area contributed by atoms with E-state index in [9.17, 15) is 8.78 Å². The van der Waals surface area contributed by atoms with E-state index >= 15 is 0 Å². The molecule has 5 heteroatoms. The minimum absolute atomic E-state index is 0.0222. The summed E-state index contributed by atoms with van der Waals surface area (Å²) in [7, 11) is 0. The van der Waals surface area contributed by atoms with Gasteiger partial charge in [-0.15, -0.1) is 0 Å². The molecule has 0 aliphatic rings. The molecule has 1 unspecified atom stereocenters. The third-order valence-corrected chi connectivity index (χ3v) is 3.84. The van der Waals surface area contributed by atoms with Gasteiger partial charge in [0.2, 0.25) is 0 Å². The van der Waals surface area contributed by atoms with Crippen LogP contribution in [0.25, 0.3) is 0 Å². The normalized spacial score (nSPS) is 12.4. The zero-order valence-electron chi connectivity index (χ0n) is 11.5. The molecular formula is C16H15BrClF2N. The standard InChI is InChI=1S/C16H15BrClF2N/c1-2-7-21-16(10-3-5-12(18)6-4-10)15-13(19)8-11(17)9-14(15)20/h3-6,8-9,16,21H,2,7H2,1H3. The fraction of sp³-hybridized carbons (Fsp3) is 0.250. The van der Waals surface area contributed by atoms with Crippen LogP contribution in [0.4, 0.5) is 8.78 Å². The third-order valence-electron chi connectivity index (χ3n) is 3.13. The first kappa shape index (κ1) is 16.4. The Morgan fingerprint density at radius 2 is 1.71 bits per heavy atom. The first-order chi connectivity index (χ1) is 10.0. The Morgan fingerprint density at radius 1 is 1.14 bits per heavy atom. The minimum Gasteiger partial charge on any atom is -0.306 e. The molecule has 1 atom stereocenters. The van der Waals surface area contributed by atoms with Crippen molar-refractivity contribution in [3.63, 3.8) is 0 Å². The lowest BCUT2D eigenvalue weighted by molar-refractivity contribution is 0.502. The molecule has 2 aromatic rings. The van der Waals surface area contributed by atoms with Crippen molar-refractivity contribution in [1.29, 1.82) is 0 Å². The molecule has 0 spiro atoms. The van der Waals surface area contributed by atoms with Crippen molar-refractivity contribution in [1.82, 2.24) is 5.32 Å². The van der Waals surface area contributed by atoms with Crippen LogP contribution in [0.1, 0.15) is 30.5 Å². The fourth-order valence-corrected chi connectivity index (χ4v) is 2.69. The highest BCUT2D eigenvalue weighted by Gasteiger charge is 2.22. The SMILES string of the molecule is CCCNC(c1ccc(Cl)cc1)c1c(F)cc(Br)cc1F. The van der Waals surface area contributed by atoms with Crippen LogP contribution in [0.3, 0.4) is 0 Å². The topological polar surface area (TPSA) is 12.0 Å². The van der Waals surface area contributed by atoms with Gasteiger partial charge in [0, 0.05) is 15.1 Å². The number of nitrogens with one attached hydrogen (secondary N) is 1. The summed E-state index contributed by atoms with van der Waals surface area (Å²) in [5, 5.41) is 3.77. The summed E-state index contributed by atoms with van der Waals surface area (Å²) in [4.78, 5) is 0. The van der Waals surface area contributed by atoms with Crippen molar-refractivity contribution in [3.05, 3.63) is 68.7 Å². The molecule has 1 N–H and O–H groups in total. The van der Waals surface area contributed by atoms with Gasteiger partial charge < -0.3 is 5.32 Å². The van der Waals surface area contributed by atoms with E-state index < -0.39 is 17.7 Å².